The number of rotatable bonds is 7. The molecule has 0 radical (unpaired) electrons. The Balaban J connectivity index is 1.60. The topological polar surface area (TPSA) is 47.1 Å². The van der Waals surface area contributed by atoms with Crippen molar-refractivity contribution in [2.75, 3.05) is 56.8 Å². The molecule has 0 saturated carbocycles. The van der Waals surface area contributed by atoms with Gasteiger partial charge in [0.05, 0.1) is 32.2 Å². The van der Waals surface area contributed by atoms with E-state index < -0.39 is 0 Å². The van der Waals surface area contributed by atoms with Crippen molar-refractivity contribution in [2.45, 2.75) is 20.3 Å². The van der Waals surface area contributed by atoms with Crippen LogP contribution in [-0.4, -0.2) is 52.0 Å². The summed E-state index contributed by atoms with van der Waals surface area (Å²) < 4.78 is 16.5. The number of anilines is 2. The van der Waals surface area contributed by atoms with Gasteiger partial charge in [-0.3, -0.25) is 0 Å². The van der Waals surface area contributed by atoms with Crippen molar-refractivity contribution in [3.63, 3.8) is 0 Å². The second-order valence-electron chi connectivity index (χ2n) is 8.16. The fourth-order valence-electron chi connectivity index (χ4n) is 4.34. The molecule has 0 atom stereocenters. The summed E-state index contributed by atoms with van der Waals surface area (Å²) in [6, 6.07) is 18.7. The van der Waals surface area contributed by atoms with E-state index in [1.165, 1.54) is 5.69 Å². The summed E-state index contributed by atoms with van der Waals surface area (Å²) >= 11 is 0. The van der Waals surface area contributed by atoms with Gasteiger partial charge in [-0.15, -0.1) is 0 Å². The highest BCUT2D eigenvalue weighted by Crippen LogP contribution is 2.34. The molecule has 0 bridgehead atoms. The minimum absolute atomic E-state index is 0.620. The second-order valence-corrected chi connectivity index (χ2v) is 8.16. The first kappa shape index (κ1) is 22.8. The molecule has 0 amide bonds. The molecule has 2 aromatic carbocycles. The van der Waals surface area contributed by atoms with Crippen molar-refractivity contribution in [1.82, 2.24) is 4.98 Å². The maximum absolute atomic E-state index is 5.73. The molecule has 0 unspecified atom stereocenters. The standard InChI is InChI=1S/C27H33N3O3/c1-5-33-25-13-7-21(19-20(25)2)27-24(12-14-26(28-27)32-4)30-16-6-15-29(17-18-30)22-8-10-23(31-3)11-9-22/h7-14,19H,5-6,15-18H2,1-4H3. The molecule has 6 heteroatoms. The molecule has 1 aliphatic rings. The van der Waals surface area contributed by atoms with Gasteiger partial charge in [-0.25, -0.2) is 4.98 Å². The first-order chi connectivity index (χ1) is 16.1. The first-order valence-electron chi connectivity index (χ1n) is 11.6. The average molecular weight is 448 g/mol. The van der Waals surface area contributed by atoms with Crippen molar-refractivity contribution in [1.29, 1.82) is 0 Å². The molecule has 6 nitrogen and oxygen atoms in total. The summed E-state index contributed by atoms with van der Waals surface area (Å²) in [6.07, 6.45) is 1.07. The van der Waals surface area contributed by atoms with Crippen LogP contribution in [0.1, 0.15) is 18.9 Å². The van der Waals surface area contributed by atoms with E-state index in [2.05, 4.69) is 47.1 Å². The molecule has 2 heterocycles. The van der Waals surface area contributed by atoms with Gasteiger partial charge in [-0.2, -0.15) is 0 Å². The number of aromatic nitrogens is 1. The number of ether oxygens (including phenoxy) is 3. The first-order valence-corrected chi connectivity index (χ1v) is 11.6. The van der Waals surface area contributed by atoms with Crippen molar-refractivity contribution < 1.29 is 14.2 Å². The number of aryl methyl sites for hydroxylation is 1. The van der Waals surface area contributed by atoms with E-state index in [1.54, 1.807) is 14.2 Å². The lowest BCUT2D eigenvalue weighted by Gasteiger charge is -2.26. The molecule has 174 valence electrons. The van der Waals surface area contributed by atoms with Crippen LogP contribution in [0.4, 0.5) is 11.4 Å². The molecule has 0 N–H and O–H groups in total. The van der Waals surface area contributed by atoms with Crippen LogP contribution >= 0.6 is 0 Å². The van der Waals surface area contributed by atoms with Crippen LogP contribution < -0.4 is 24.0 Å². The zero-order valence-corrected chi connectivity index (χ0v) is 20.0. The van der Waals surface area contributed by atoms with Crippen LogP contribution in [0.25, 0.3) is 11.3 Å². The number of methoxy groups -OCH3 is 2. The smallest absolute Gasteiger partial charge is 0.213 e. The highest BCUT2D eigenvalue weighted by molar-refractivity contribution is 5.77. The molecular weight excluding hydrogens is 414 g/mol. The molecule has 3 aromatic rings. The lowest BCUT2D eigenvalue weighted by atomic mass is 10.1. The van der Waals surface area contributed by atoms with E-state index in [1.807, 2.05) is 31.2 Å². The van der Waals surface area contributed by atoms with Gasteiger partial charge in [0, 0.05) is 43.5 Å². The fourth-order valence-corrected chi connectivity index (χ4v) is 4.34. The Labute approximate surface area is 196 Å². The van der Waals surface area contributed by atoms with Crippen LogP contribution in [-0.2, 0) is 0 Å². The van der Waals surface area contributed by atoms with Crippen LogP contribution in [0.5, 0.6) is 17.4 Å². The third-order valence-corrected chi connectivity index (χ3v) is 6.08. The monoisotopic (exact) mass is 447 g/mol. The summed E-state index contributed by atoms with van der Waals surface area (Å²) in [5.41, 5.74) is 5.48. The summed E-state index contributed by atoms with van der Waals surface area (Å²) in [5, 5.41) is 0. The summed E-state index contributed by atoms with van der Waals surface area (Å²) in [6.45, 7) is 8.59. The Morgan fingerprint density at radius 2 is 1.61 bits per heavy atom. The van der Waals surface area contributed by atoms with Gasteiger partial charge in [0.15, 0.2) is 0 Å². The van der Waals surface area contributed by atoms with E-state index >= 15 is 0 Å². The van der Waals surface area contributed by atoms with E-state index in [4.69, 9.17) is 19.2 Å². The van der Waals surface area contributed by atoms with Gasteiger partial charge in [-0.1, -0.05) is 0 Å². The third-order valence-electron chi connectivity index (χ3n) is 6.08. The summed E-state index contributed by atoms with van der Waals surface area (Å²) in [7, 11) is 3.36. The summed E-state index contributed by atoms with van der Waals surface area (Å²) in [4.78, 5) is 9.73. The normalized spacial score (nSPS) is 14.1. The number of hydrogen-bond donors (Lipinski definition) is 0. The Morgan fingerprint density at radius 3 is 2.30 bits per heavy atom. The van der Waals surface area contributed by atoms with Gasteiger partial charge in [0.2, 0.25) is 5.88 Å². The molecule has 0 aliphatic carbocycles. The minimum Gasteiger partial charge on any atom is -0.497 e. The molecule has 1 aromatic heterocycles. The Bertz CT molecular complexity index is 1070. The Hall–Kier alpha value is -3.41. The van der Waals surface area contributed by atoms with Crippen molar-refractivity contribution in [2.24, 2.45) is 0 Å². The highest BCUT2D eigenvalue weighted by Gasteiger charge is 2.20. The van der Waals surface area contributed by atoms with Gasteiger partial charge in [0.1, 0.15) is 11.5 Å². The van der Waals surface area contributed by atoms with Gasteiger partial charge in [-0.05, 0) is 74.4 Å². The van der Waals surface area contributed by atoms with E-state index in [0.717, 1.165) is 66.6 Å². The fraction of sp³-hybridized carbons (Fsp3) is 0.370. The second kappa shape index (κ2) is 10.5. The van der Waals surface area contributed by atoms with Crippen molar-refractivity contribution in [3.8, 4) is 28.6 Å². The van der Waals surface area contributed by atoms with Crippen molar-refractivity contribution >= 4 is 11.4 Å². The largest absolute Gasteiger partial charge is 0.497 e. The third kappa shape index (κ3) is 5.16. The zero-order chi connectivity index (χ0) is 23.2. The van der Waals surface area contributed by atoms with E-state index in [0.29, 0.717) is 12.5 Å². The molecule has 1 aliphatic heterocycles. The van der Waals surface area contributed by atoms with E-state index in [9.17, 15) is 0 Å². The maximum Gasteiger partial charge on any atom is 0.213 e. The predicted octanol–water partition coefficient (Wildman–Crippen LogP) is 5.19. The number of hydrogen-bond acceptors (Lipinski definition) is 6. The zero-order valence-electron chi connectivity index (χ0n) is 20.0. The Kier molecular flexibility index (Phi) is 7.23. The molecule has 1 fully saturated rings. The molecule has 33 heavy (non-hydrogen) atoms. The van der Waals surface area contributed by atoms with Crippen LogP contribution in [0.2, 0.25) is 0 Å². The van der Waals surface area contributed by atoms with Gasteiger partial charge in [0.25, 0.3) is 0 Å². The molecule has 4 rings (SSSR count). The molecular formula is C27H33N3O3. The lowest BCUT2D eigenvalue weighted by Crippen LogP contribution is -2.31. The SMILES string of the molecule is CCOc1ccc(-c2nc(OC)ccc2N2CCCN(c3ccc(OC)cc3)CC2)cc1C. The van der Waals surface area contributed by atoms with Crippen LogP contribution in [0.15, 0.2) is 54.6 Å². The summed E-state index contributed by atoms with van der Waals surface area (Å²) in [5.74, 6) is 2.42. The minimum atomic E-state index is 0.620. The number of benzene rings is 2. The van der Waals surface area contributed by atoms with Gasteiger partial charge >= 0.3 is 0 Å². The average Bonchev–Trinajstić information content (AvgIpc) is 3.11. The van der Waals surface area contributed by atoms with E-state index in [-0.39, 0.29) is 0 Å². The van der Waals surface area contributed by atoms with Gasteiger partial charge < -0.3 is 24.0 Å². The van der Waals surface area contributed by atoms with Crippen molar-refractivity contribution in [3.05, 3.63) is 60.2 Å². The lowest BCUT2D eigenvalue weighted by molar-refractivity contribution is 0.338. The molecule has 0 spiro atoms. The quantitative estimate of drug-likeness (QED) is 0.497. The van der Waals surface area contributed by atoms with Crippen LogP contribution in [0, 0.1) is 6.92 Å². The predicted molar refractivity (Wildman–Crippen MR) is 134 cm³/mol. The number of nitrogens with zero attached hydrogens (tertiary/aromatic N) is 3. The number of pyridine rings is 1. The maximum atomic E-state index is 5.73. The molecule has 1 saturated heterocycles. The van der Waals surface area contributed by atoms with Crippen LogP contribution in [0.3, 0.4) is 0 Å². The Morgan fingerprint density at radius 1 is 0.848 bits per heavy atom. The highest BCUT2D eigenvalue weighted by atomic mass is 16.5.